The molecule has 0 fully saturated rings. The Balaban J connectivity index is 3.66. The number of primary amides is 1. The van der Waals surface area contributed by atoms with E-state index in [2.05, 4.69) is 32.6 Å². The number of hydrogen-bond donors (Lipinski definition) is 1. The standard InChI is InChI=1S/C14H30N2O/c1-12(2)9-11-16(13(3)4)10-7-5-6-8-14(15)17/h12-13H,5-11H2,1-4H3,(H2,15,17). The lowest BCUT2D eigenvalue weighted by molar-refractivity contribution is -0.118. The monoisotopic (exact) mass is 242 g/mol. The van der Waals surface area contributed by atoms with Gasteiger partial charge in [0.25, 0.3) is 0 Å². The Hall–Kier alpha value is -0.570. The minimum Gasteiger partial charge on any atom is -0.370 e. The van der Waals surface area contributed by atoms with Crippen LogP contribution < -0.4 is 5.73 Å². The molecule has 0 spiro atoms. The largest absolute Gasteiger partial charge is 0.370 e. The lowest BCUT2D eigenvalue weighted by Crippen LogP contribution is -2.33. The van der Waals surface area contributed by atoms with Crippen LogP contribution in [0.15, 0.2) is 0 Å². The van der Waals surface area contributed by atoms with Crippen molar-refractivity contribution in [1.82, 2.24) is 4.90 Å². The molecule has 0 heterocycles. The first-order valence-electron chi connectivity index (χ1n) is 6.95. The number of hydrogen-bond acceptors (Lipinski definition) is 2. The van der Waals surface area contributed by atoms with E-state index >= 15 is 0 Å². The summed E-state index contributed by atoms with van der Waals surface area (Å²) in [5, 5.41) is 0. The van der Waals surface area contributed by atoms with E-state index in [-0.39, 0.29) is 5.91 Å². The summed E-state index contributed by atoms with van der Waals surface area (Å²) in [7, 11) is 0. The van der Waals surface area contributed by atoms with Crippen LogP contribution in [0, 0.1) is 5.92 Å². The highest BCUT2D eigenvalue weighted by Gasteiger charge is 2.09. The molecule has 0 atom stereocenters. The third-order valence-electron chi connectivity index (χ3n) is 3.09. The van der Waals surface area contributed by atoms with E-state index in [1.54, 1.807) is 0 Å². The molecule has 0 aromatic heterocycles. The maximum absolute atomic E-state index is 10.6. The number of nitrogens with zero attached hydrogens (tertiary/aromatic N) is 1. The van der Waals surface area contributed by atoms with Crippen molar-refractivity contribution in [3.63, 3.8) is 0 Å². The molecular weight excluding hydrogens is 212 g/mol. The molecule has 0 aromatic rings. The molecule has 17 heavy (non-hydrogen) atoms. The molecule has 0 aromatic carbocycles. The van der Waals surface area contributed by atoms with Crippen molar-refractivity contribution in [2.75, 3.05) is 13.1 Å². The molecule has 0 saturated carbocycles. The van der Waals surface area contributed by atoms with Gasteiger partial charge in [-0.15, -0.1) is 0 Å². The molecule has 3 nitrogen and oxygen atoms in total. The summed E-state index contributed by atoms with van der Waals surface area (Å²) in [6, 6.07) is 0.616. The van der Waals surface area contributed by atoms with Gasteiger partial charge in [0.05, 0.1) is 0 Å². The Kier molecular flexibility index (Phi) is 9.14. The van der Waals surface area contributed by atoms with Crippen LogP contribution in [0.3, 0.4) is 0 Å². The van der Waals surface area contributed by atoms with Gasteiger partial charge in [-0.2, -0.15) is 0 Å². The summed E-state index contributed by atoms with van der Waals surface area (Å²) in [6.45, 7) is 11.4. The van der Waals surface area contributed by atoms with E-state index in [9.17, 15) is 4.79 Å². The molecule has 0 radical (unpaired) electrons. The highest BCUT2D eigenvalue weighted by molar-refractivity contribution is 5.73. The average molecular weight is 242 g/mol. The van der Waals surface area contributed by atoms with E-state index in [0.29, 0.717) is 12.5 Å². The van der Waals surface area contributed by atoms with Gasteiger partial charge in [-0.05, 0) is 52.1 Å². The smallest absolute Gasteiger partial charge is 0.217 e. The molecule has 102 valence electrons. The Morgan fingerprint density at radius 2 is 1.71 bits per heavy atom. The van der Waals surface area contributed by atoms with Crippen molar-refractivity contribution < 1.29 is 4.79 Å². The van der Waals surface area contributed by atoms with Crippen LogP contribution in [-0.4, -0.2) is 29.9 Å². The predicted molar refractivity (Wildman–Crippen MR) is 73.8 cm³/mol. The second-order valence-electron chi connectivity index (χ2n) is 5.59. The van der Waals surface area contributed by atoms with E-state index in [4.69, 9.17) is 5.73 Å². The fourth-order valence-corrected chi connectivity index (χ4v) is 1.84. The molecule has 0 rings (SSSR count). The first kappa shape index (κ1) is 16.4. The number of rotatable bonds is 10. The topological polar surface area (TPSA) is 46.3 Å². The predicted octanol–water partition coefficient (Wildman–Crippen LogP) is 2.79. The van der Waals surface area contributed by atoms with Gasteiger partial charge in [-0.1, -0.05) is 20.3 Å². The summed E-state index contributed by atoms with van der Waals surface area (Å²) >= 11 is 0. The van der Waals surface area contributed by atoms with E-state index in [1.165, 1.54) is 19.4 Å². The second-order valence-corrected chi connectivity index (χ2v) is 5.59. The highest BCUT2D eigenvalue weighted by atomic mass is 16.1. The molecule has 1 amide bonds. The number of unbranched alkanes of at least 4 members (excludes halogenated alkanes) is 2. The van der Waals surface area contributed by atoms with Gasteiger partial charge in [0.15, 0.2) is 0 Å². The molecule has 3 heteroatoms. The number of nitrogens with two attached hydrogens (primary N) is 1. The maximum atomic E-state index is 10.6. The quantitative estimate of drug-likeness (QED) is 0.599. The third kappa shape index (κ3) is 10.3. The average Bonchev–Trinajstić information content (AvgIpc) is 2.20. The molecular formula is C14H30N2O. The van der Waals surface area contributed by atoms with Crippen molar-refractivity contribution >= 4 is 5.91 Å². The van der Waals surface area contributed by atoms with Gasteiger partial charge in [0, 0.05) is 12.5 Å². The Morgan fingerprint density at radius 1 is 1.06 bits per heavy atom. The zero-order chi connectivity index (χ0) is 13.3. The van der Waals surface area contributed by atoms with E-state index in [0.717, 1.165) is 25.3 Å². The summed E-state index contributed by atoms with van der Waals surface area (Å²) < 4.78 is 0. The van der Waals surface area contributed by atoms with Crippen LogP contribution in [0.2, 0.25) is 0 Å². The van der Waals surface area contributed by atoms with Gasteiger partial charge in [-0.3, -0.25) is 4.79 Å². The first-order valence-corrected chi connectivity index (χ1v) is 6.95. The molecule has 0 unspecified atom stereocenters. The molecule has 0 aliphatic heterocycles. The summed E-state index contributed by atoms with van der Waals surface area (Å²) in [5.74, 6) is 0.594. The number of carbonyl (C=O) groups is 1. The number of carbonyl (C=O) groups excluding carboxylic acids is 1. The second kappa shape index (κ2) is 9.46. The SMILES string of the molecule is CC(C)CCN(CCCCCC(N)=O)C(C)C. The number of amides is 1. The zero-order valence-electron chi connectivity index (χ0n) is 12.0. The van der Waals surface area contributed by atoms with Crippen LogP contribution in [-0.2, 0) is 4.79 Å². The highest BCUT2D eigenvalue weighted by Crippen LogP contribution is 2.08. The van der Waals surface area contributed by atoms with Gasteiger partial charge in [0.2, 0.25) is 5.91 Å². The van der Waals surface area contributed by atoms with Crippen molar-refractivity contribution in [3.05, 3.63) is 0 Å². The van der Waals surface area contributed by atoms with Gasteiger partial charge >= 0.3 is 0 Å². The Labute approximate surface area is 107 Å². The fraction of sp³-hybridized carbons (Fsp3) is 0.929. The summed E-state index contributed by atoms with van der Waals surface area (Å²) in [6.07, 6.45) is 5.01. The molecule has 0 bridgehead atoms. The van der Waals surface area contributed by atoms with Gasteiger partial charge in [-0.25, -0.2) is 0 Å². The van der Waals surface area contributed by atoms with Crippen molar-refractivity contribution in [2.45, 2.75) is 65.8 Å². The molecule has 0 saturated heterocycles. The Bertz CT molecular complexity index is 202. The van der Waals surface area contributed by atoms with E-state index in [1.807, 2.05) is 0 Å². The summed E-state index contributed by atoms with van der Waals surface area (Å²) in [5.41, 5.74) is 5.11. The lowest BCUT2D eigenvalue weighted by atomic mass is 10.1. The van der Waals surface area contributed by atoms with Crippen LogP contribution in [0.5, 0.6) is 0 Å². The fourth-order valence-electron chi connectivity index (χ4n) is 1.84. The van der Waals surface area contributed by atoms with Crippen LogP contribution in [0.1, 0.15) is 59.8 Å². The summed E-state index contributed by atoms with van der Waals surface area (Å²) in [4.78, 5) is 13.1. The normalized spacial score (nSPS) is 11.7. The first-order chi connectivity index (χ1) is 7.93. The molecule has 0 aliphatic carbocycles. The Morgan fingerprint density at radius 3 is 2.18 bits per heavy atom. The van der Waals surface area contributed by atoms with Crippen molar-refractivity contribution in [3.8, 4) is 0 Å². The van der Waals surface area contributed by atoms with Crippen molar-refractivity contribution in [1.29, 1.82) is 0 Å². The van der Waals surface area contributed by atoms with Gasteiger partial charge in [0.1, 0.15) is 0 Å². The minimum atomic E-state index is -0.175. The zero-order valence-corrected chi connectivity index (χ0v) is 12.0. The lowest BCUT2D eigenvalue weighted by Gasteiger charge is -2.27. The van der Waals surface area contributed by atoms with Crippen LogP contribution in [0.25, 0.3) is 0 Å². The third-order valence-corrected chi connectivity index (χ3v) is 3.09. The van der Waals surface area contributed by atoms with Gasteiger partial charge < -0.3 is 10.6 Å². The van der Waals surface area contributed by atoms with E-state index < -0.39 is 0 Å². The molecule has 2 N–H and O–H groups in total. The molecule has 0 aliphatic rings. The van der Waals surface area contributed by atoms with Crippen molar-refractivity contribution in [2.24, 2.45) is 11.7 Å². The maximum Gasteiger partial charge on any atom is 0.217 e. The minimum absolute atomic E-state index is 0.175. The van der Waals surface area contributed by atoms with Crippen LogP contribution in [0.4, 0.5) is 0 Å². The van der Waals surface area contributed by atoms with Crippen LogP contribution >= 0.6 is 0 Å².